The number of hydrogen-bond acceptors (Lipinski definition) is 2. The molecule has 1 aliphatic rings. The van der Waals surface area contributed by atoms with Gasteiger partial charge in [0.15, 0.2) is 0 Å². The summed E-state index contributed by atoms with van der Waals surface area (Å²) in [5.74, 6) is 0.610. The smallest absolute Gasteiger partial charge is 0.0645 e. The van der Waals surface area contributed by atoms with Crippen LogP contribution in [-0.4, -0.2) is 39.3 Å². The first-order valence-electron chi connectivity index (χ1n) is 10.3. The maximum Gasteiger partial charge on any atom is 0.0645 e. The highest BCUT2D eigenvalue weighted by Gasteiger charge is 2.22. The molecule has 4 aromatic rings. The normalized spacial score (nSPS) is 15.9. The Bertz CT molecular complexity index is 1090. The number of fused-ring (bicyclic) bond motifs is 1. The van der Waals surface area contributed by atoms with Crippen LogP contribution in [-0.2, 0) is 6.42 Å². The lowest BCUT2D eigenvalue weighted by molar-refractivity contribution is 0.215. The van der Waals surface area contributed by atoms with E-state index in [1.54, 1.807) is 0 Å². The van der Waals surface area contributed by atoms with Gasteiger partial charge in [-0.3, -0.25) is 0 Å². The third-order valence-corrected chi connectivity index (χ3v) is 6.31. The van der Waals surface area contributed by atoms with Gasteiger partial charge in [0.1, 0.15) is 0 Å². The van der Waals surface area contributed by atoms with E-state index in [1.165, 1.54) is 34.9 Å². The molecule has 2 aromatic carbocycles. The number of para-hydroxylation sites is 1. The predicted octanol–water partition coefficient (Wildman–Crippen LogP) is 5.43. The fourth-order valence-electron chi connectivity index (χ4n) is 4.42. The molecule has 1 fully saturated rings. The van der Waals surface area contributed by atoms with E-state index in [2.05, 4.69) is 51.6 Å². The van der Waals surface area contributed by atoms with Crippen LogP contribution in [0.15, 0.2) is 67.1 Å². The molecule has 0 amide bonds. The van der Waals surface area contributed by atoms with E-state index < -0.39 is 0 Å². The second-order valence-corrected chi connectivity index (χ2v) is 8.36. The molecular weight excluding hydrogens is 380 g/mol. The monoisotopic (exact) mass is 404 g/mol. The van der Waals surface area contributed by atoms with Gasteiger partial charge in [0.2, 0.25) is 0 Å². The summed E-state index contributed by atoms with van der Waals surface area (Å²) < 4.78 is 1.96. The maximum atomic E-state index is 6.22. The molecule has 0 spiro atoms. The highest BCUT2D eigenvalue weighted by atomic mass is 35.5. The average Bonchev–Trinajstić information content (AvgIpc) is 3.40. The first kappa shape index (κ1) is 18.5. The second-order valence-electron chi connectivity index (χ2n) is 7.93. The second kappa shape index (κ2) is 8.05. The standard InChI is InChI=1S/C24H25ClN4/c25-20-6-7-24-22(14-20)23(16-26-24)19-9-12-28(13-10-19)11-8-18-15-27-29(17-18)21-4-2-1-3-5-21/h1-7,14-17,19,26H,8-13H2. The zero-order chi connectivity index (χ0) is 19.6. The van der Waals surface area contributed by atoms with Crippen LogP contribution in [0.25, 0.3) is 16.6 Å². The number of aromatic amines is 1. The fourth-order valence-corrected chi connectivity index (χ4v) is 4.59. The summed E-state index contributed by atoms with van der Waals surface area (Å²) in [4.78, 5) is 5.99. The van der Waals surface area contributed by atoms with Gasteiger partial charge >= 0.3 is 0 Å². The van der Waals surface area contributed by atoms with Crippen molar-refractivity contribution in [1.82, 2.24) is 19.7 Å². The van der Waals surface area contributed by atoms with E-state index in [-0.39, 0.29) is 0 Å². The van der Waals surface area contributed by atoms with Crippen molar-refractivity contribution < 1.29 is 0 Å². The molecule has 2 aromatic heterocycles. The number of piperidine rings is 1. The number of hydrogen-bond donors (Lipinski definition) is 1. The van der Waals surface area contributed by atoms with Crippen molar-refractivity contribution in [3.05, 3.63) is 83.3 Å². The molecule has 0 unspecified atom stereocenters. The summed E-state index contributed by atoms with van der Waals surface area (Å²) in [6.45, 7) is 3.38. The Morgan fingerprint density at radius 3 is 2.72 bits per heavy atom. The molecular formula is C24H25ClN4. The summed E-state index contributed by atoms with van der Waals surface area (Å²) in [5.41, 5.74) is 5.01. The molecule has 3 heterocycles. The number of benzene rings is 2. The van der Waals surface area contributed by atoms with E-state index >= 15 is 0 Å². The van der Waals surface area contributed by atoms with E-state index in [4.69, 9.17) is 11.6 Å². The molecule has 148 valence electrons. The largest absolute Gasteiger partial charge is 0.361 e. The van der Waals surface area contributed by atoms with Gasteiger partial charge < -0.3 is 9.88 Å². The molecule has 0 radical (unpaired) electrons. The average molecular weight is 405 g/mol. The Kier molecular flexibility index (Phi) is 5.13. The molecule has 29 heavy (non-hydrogen) atoms. The van der Waals surface area contributed by atoms with Gasteiger partial charge in [-0.1, -0.05) is 29.8 Å². The van der Waals surface area contributed by atoms with Gasteiger partial charge in [0.05, 0.1) is 11.9 Å². The summed E-state index contributed by atoms with van der Waals surface area (Å²) in [6, 6.07) is 16.4. The van der Waals surface area contributed by atoms with E-state index in [1.807, 2.05) is 35.1 Å². The minimum Gasteiger partial charge on any atom is -0.361 e. The molecule has 0 aliphatic carbocycles. The van der Waals surface area contributed by atoms with Crippen molar-refractivity contribution in [2.24, 2.45) is 0 Å². The zero-order valence-electron chi connectivity index (χ0n) is 16.4. The van der Waals surface area contributed by atoms with Gasteiger partial charge in [-0.05, 0) is 79.7 Å². The molecule has 1 N–H and O–H groups in total. The van der Waals surface area contributed by atoms with Crippen molar-refractivity contribution >= 4 is 22.5 Å². The van der Waals surface area contributed by atoms with Crippen molar-refractivity contribution in [1.29, 1.82) is 0 Å². The van der Waals surface area contributed by atoms with Crippen LogP contribution >= 0.6 is 11.6 Å². The lowest BCUT2D eigenvalue weighted by atomic mass is 9.89. The van der Waals surface area contributed by atoms with Gasteiger partial charge in [-0.25, -0.2) is 4.68 Å². The Morgan fingerprint density at radius 2 is 1.90 bits per heavy atom. The summed E-state index contributed by atoms with van der Waals surface area (Å²) in [6.07, 6.45) is 9.76. The van der Waals surface area contributed by atoms with Crippen LogP contribution in [0.3, 0.4) is 0 Å². The van der Waals surface area contributed by atoms with Crippen molar-refractivity contribution in [2.75, 3.05) is 19.6 Å². The number of halogens is 1. The van der Waals surface area contributed by atoms with Gasteiger partial charge in [-0.2, -0.15) is 5.10 Å². The molecule has 1 saturated heterocycles. The SMILES string of the molecule is Clc1ccc2[nH]cc(C3CCN(CCc4cnn(-c5ccccc5)c4)CC3)c2c1. The summed E-state index contributed by atoms with van der Waals surface area (Å²) in [7, 11) is 0. The third-order valence-electron chi connectivity index (χ3n) is 6.08. The fraction of sp³-hybridized carbons (Fsp3) is 0.292. The molecule has 5 heteroatoms. The number of aromatic nitrogens is 3. The molecule has 0 bridgehead atoms. The highest BCUT2D eigenvalue weighted by Crippen LogP contribution is 2.34. The molecule has 0 atom stereocenters. The minimum atomic E-state index is 0.610. The van der Waals surface area contributed by atoms with Crippen LogP contribution in [0.2, 0.25) is 5.02 Å². The lowest BCUT2D eigenvalue weighted by Gasteiger charge is -2.31. The molecule has 5 rings (SSSR count). The van der Waals surface area contributed by atoms with Gasteiger partial charge in [0.25, 0.3) is 0 Å². The van der Waals surface area contributed by atoms with Crippen molar-refractivity contribution in [2.45, 2.75) is 25.2 Å². The van der Waals surface area contributed by atoms with Crippen LogP contribution in [0, 0.1) is 0 Å². The third kappa shape index (κ3) is 3.96. The lowest BCUT2D eigenvalue weighted by Crippen LogP contribution is -2.34. The Hall–Kier alpha value is -2.56. The predicted molar refractivity (Wildman–Crippen MR) is 119 cm³/mol. The molecule has 4 nitrogen and oxygen atoms in total. The first-order valence-corrected chi connectivity index (χ1v) is 10.7. The van der Waals surface area contributed by atoms with E-state index in [0.717, 1.165) is 36.8 Å². The van der Waals surface area contributed by atoms with Crippen LogP contribution < -0.4 is 0 Å². The number of nitrogens with one attached hydrogen (secondary N) is 1. The van der Waals surface area contributed by atoms with Crippen LogP contribution in [0.5, 0.6) is 0 Å². The van der Waals surface area contributed by atoms with E-state index in [9.17, 15) is 0 Å². The molecule has 0 saturated carbocycles. The Labute approximate surface area is 176 Å². The van der Waals surface area contributed by atoms with Gasteiger partial charge in [0, 0.05) is 34.9 Å². The minimum absolute atomic E-state index is 0.610. The van der Waals surface area contributed by atoms with Crippen molar-refractivity contribution in [3.63, 3.8) is 0 Å². The summed E-state index contributed by atoms with van der Waals surface area (Å²) in [5, 5.41) is 6.61. The Morgan fingerprint density at radius 1 is 1.07 bits per heavy atom. The topological polar surface area (TPSA) is 36.9 Å². The maximum absolute atomic E-state index is 6.22. The van der Waals surface area contributed by atoms with E-state index in [0.29, 0.717) is 5.92 Å². The molecule has 1 aliphatic heterocycles. The number of rotatable bonds is 5. The van der Waals surface area contributed by atoms with Crippen LogP contribution in [0.1, 0.15) is 29.9 Å². The quantitative estimate of drug-likeness (QED) is 0.481. The number of nitrogens with zero attached hydrogens (tertiary/aromatic N) is 3. The first-order chi connectivity index (χ1) is 14.3. The van der Waals surface area contributed by atoms with Crippen molar-refractivity contribution in [3.8, 4) is 5.69 Å². The zero-order valence-corrected chi connectivity index (χ0v) is 17.1. The summed E-state index contributed by atoms with van der Waals surface area (Å²) >= 11 is 6.22. The van der Waals surface area contributed by atoms with Gasteiger partial charge in [-0.15, -0.1) is 0 Å². The van der Waals surface area contributed by atoms with Crippen LogP contribution in [0.4, 0.5) is 0 Å². The number of likely N-dealkylation sites (tertiary alicyclic amines) is 1. The Balaban J connectivity index is 1.17. The highest BCUT2D eigenvalue weighted by molar-refractivity contribution is 6.31. The number of H-pyrrole nitrogens is 1.